The molecule has 2 heterocycles. The van der Waals surface area contributed by atoms with Crippen molar-refractivity contribution in [3.8, 4) is 11.1 Å². The lowest BCUT2D eigenvalue weighted by Gasteiger charge is -2.20. The normalized spacial score (nSPS) is 16.1. The van der Waals surface area contributed by atoms with Gasteiger partial charge in [0.15, 0.2) is 0 Å². The number of anilines is 1. The maximum Gasteiger partial charge on any atom is 0.265 e. The first kappa shape index (κ1) is 19.6. The smallest absolute Gasteiger partial charge is 0.265 e. The number of halogens is 1. The van der Waals surface area contributed by atoms with Gasteiger partial charge in [0.1, 0.15) is 23.4 Å². The molecule has 0 spiro atoms. The molecule has 0 saturated carbocycles. The highest BCUT2D eigenvalue weighted by molar-refractivity contribution is 5.94. The van der Waals surface area contributed by atoms with Crippen molar-refractivity contribution in [1.29, 1.82) is 0 Å². The lowest BCUT2D eigenvalue weighted by atomic mass is 10.1. The van der Waals surface area contributed by atoms with Crippen LogP contribution in [0.2, 0.25) is 0 Å². The molecule has 0 unspecified atom stereocenters. The minimum atomic E-state index is -0.674. The summed E-state index contributed by atoms with van der Waals surface area (Å²) in [4.78, 5) is 29.3. The standard InChI is InChI=1S/C22H22FN5O2/c1-12(22(30)27-18-8-7-17-16(18)6-9-20(24)26-17)28-11-14(10-19(28)21(25)29)13-2-4-15(23)5-3-13/h2-6,9-12,18H,7-8H2,1H3,(H2,24,26)(H2,25,29)(H,27,30)/t12-,18+/m0/s1. The first-order valence-electron chi connectivity index (χ1n) is 9.67. The van der Waals surface area contributed by atoms with Crippen LogP contribution in [-0.4, -0.2) is 21.4 Å². The van der Waals surface area contributed by atoms with Crippen LogP contribution in [0.3, 0.4) is 0 Å². The van der Waals surface area contributed by atoms with Crippen LogP contribution in [0.1, 0.15) is 47.2 Å². The second-order valence-corrected chi connectivity index (χ2v) is 7.44. The van der Waals surface area contributed by atoms with Gasteiger partial charge in [0.2, 0.25) is 5.91 Å². The van der Waals surface area contributed by atoms with E-state index in [1.54, 1.807) is 42.0 Å². The highest BCUT2D eigenvalue weighted by atomic mass is 19.1. The first-order valence-corrected chi connectivity index (χ1v) is 9.67. The van der Waals surface area contributed by atoms with Crippen LogP contribution in [0.5, 0.6) is 0 Å². The van der Waals surface area contributed by atoms with Crippen LogP contribution in [-0.2, 0) is 11.2 Å². The lowest BCUT2D eigenvalue weighted by Crippen LogP contribution is -2.34. The highest BCUT2D eigenvalue weighted by Gasteiger charge is 2.28. The van der Waals surface area contributed by atoms with Gasteiger partial charge < -0.3 is 21.4 Å². The van der Waals surface area contributed by atoms with E-state index in [2.05, 4.69) is 10.3 Å². The summed E-state index contributed by atoms with van der Waals surface area (Å²) in [7, 11) is 0. The van der Waals surface area contributed by atoms with Crippen molar-refractivity contribution in [2.24, 2.45) is 5.73 Å². The van der Waals surface area contributed by atoms with Gasteiger partial charge in [-0.05, 0) is 55.2 Å². The molecule has 8 heteroatoms. The lowest BCUT2D eigenvalue weighted by molar-refractivity contribution is -0.124. The molecule has 1 aliphatic carbocycles. The van der Waals surface area contributed by atoms with E-state index in [1.165, 1.54) is 12.1 Å². The van der Waals surface area contributed by atoms with Gasteiger partial charge in [-0.25, -0.2) is 9.37 Å². The van der Waals surface area contributed by atoms with Gasteiger partial charge in [0.25, 0.3) is 5.91 Å². The average molecular weight is 407 g/mol. The number of hydrogen-bond acceptors (Lipinski definition) is 4. The van der Waals surface area contributed by atoms with E-state index in [-0.39, 0.29) is 23.5 Å². The summed E-state index contributed by atoms with van der Waals surface area (Å²) in [6.45, 7) is 1.70. The zero-order chi connectivity index (χ0) is 21.4. The predicted molar refractivity (Wildman–Crippen MR) is 111 cm³/mol. The SMILES string of the molecule is C[C@@H](C(=O)N[C@@H]1CCc2nc(N)ccc21)n1cc(-c2ccc(F)cc2)cc1C(N)=O. The summed E-state index contributed by atoms with van der Waals surface area (Å²) in [5.74, 6) is -0.780. The number of fused-ring (bicyclic) bond motifs is 1. The fourth-order valence-corrected chi connectivity index (χ4v) is 3.85. The van der Waals surface area contributed by atoms with Crippen LogP contribution < -0.4 is 16.8 Å². The maximum atomic E-state index is 13.2. The number of carbonyl (C=O) groups excluding carboxylic acids is 2. The minimum Gasteiger partial charge on any atom is -0.384 e. The van der Waals surface area contributed by atoms with E-state index in [9.17, 15) is 14.0 Å². The Morgan fingerprint density at radius 1 is 1.20 bits per heavy atom. The van der Waals surface area contributed by atoms with Crippen molar-refractivity contribution in [3.05, 3.63) is 71.4 Å². The Hall–Kier alpha value is -3.68. The van der Waals surface area contributed by atoms with Crippen LogP contribution in [0, 0.1) is 5.82 Å². The number of hydrogen-bond donors (Lipinski definition) is 3. The molecule has 154 valence electrons. The number of primary amides is 1. The monoisotopic (exact) mass is 407 g/mol. The number of benzene rings is 1. The second-order valence-electron chi connectivity index (χ2n) is 7.44. The average Bonchev–Trinajstić information content (AvgIpc) is 3.32. The topological polar surface area (TPSA) is 116 Å². The molecule has 5 N–H and O–H groups in total. The highest BCUT2D eigenvalue weighted by Crippen LogP contribution is 2.31. The largest absolute Gasteiger partial charge is 0.384 e. The molecule has 0 radical (unpaired) electrons. The number of pyridine rings is 1. The minimum absolute atomic E-state index is 0.160. The van der Waals surface area contributed by atoms with Crippen molar-refractivity contribution >= 4 is 17.6 Å². The summed E-state index contributed by atoms with van der Waals surface area (Å²) in [5, 5.41) is 3.03. The number of rotatable bonds is 5. The van der Waals surface area contributed by atoms with Gasteiger partial charge in [-0.2, -0.15) is 0 Å². The van der Waals surface area contributed by atoms with E-state index < -0.39 is 11.9 Å². The molecule has 3 aromatic rings. The number of nitrogens with zero attached hydrogens (tertiary/aromatic N) is 2. The Balaban J connectivity index is 1.58. The van der Waals surface area contributed by atoms with E-state index in [0.717, 1.165) is 29.7 Å². The predicted octanol–water partition coefficient (Wildman–Crippen LogP) is 2.74. The van der Waals surface area contributed by atoms with Crippen LogP contribution in [0.15, 0.2) is 48.7 Å². The molecule has 7 nitrogen and oxygen atoms in total. The van der Waals surface area contributed by atoms with Crippen LogP contribution in [0.4, 0.5) is 10.2 Å². The number of amides is 2. The number of nitrogens with one attached hydrogen (secondary N) is 1. The summed E-state index contributed by atoms with van der Waals surface area (Å²) in [5.41, 5.74) is 14.7. The Morgan fingerprint density at radius 2 is 1.93 bits per heavy atom. The van der Waals surface area contributed by atoms with Crippen molar-refractivity contribution in [1.82, 2.24) is 14.9 Å². The first-order chi connectivity index (χ1) is 14.3. The Morgan fingerprint density at radius 3 is 2.63 bits per heavy atom. The molecule has 1 aromatic carbocycles. The van der Waals surface area contributed by atoms with Crippen molar-refractivity contribution in [2.75, 3.05) is 5.73 Å². The zero-order valence-electron chi connectivity index (χ0n) is 16.4. The fourth-order valence-electron chi connectivity index (χ4n) is 3.85. The number of nitrogens with two attached hydrogens (primary N) is 2. The molecule has 30 heavy (non-hydrogen) atoms. The molecular weight excluding hydrogens is 385 g/mol. The third-order valence-corrected chi connectivity index (χ3v) is 5.47. The van der Waals surface area contributed by atoms with Gasteiger partial charge in [-0.15, -0.1) is 0 Å². The van der Waals surface area contributed by atoms with E-state index in [4.69, 9.17) is 11.5 Å². The van der Waals surface area contributed by atoms with Crippen molar-refractivity contribution in [2.45, 2.75) is 31.8 Å². The van der Waals surface area contributed by atoms with Crippen molar-refractivity contribution in [3.63, 3.8) is 0 Å². The second kappa shape index (κ2) is 7.62. The summed E-state index contributed by atoms with van der Waals surface area (Å²) in [6, 6.07) is 10.3. The molecular formula is C22H22FN5O2. The van der Waals surface area contributed by atoms with Gasteiger partial charge in [-0.3, -0.25) is 9.59 Å². The third-order valence-electron chi connectivity index (χ3n) is 5.47. The van der Waals surface area contributed by atoms with E-state index >= 15 is 0 Å². The summed E-state index contributed by atoms with van der Waals surface area (Å²) < 4.78 is 14.8. The van der Waals surface area contributed by atoms with Gasteiger partial charge >= 0.3 is 0 Å². The molecule has 0 fully saturated rings. The van der Waals surface area contributed by atoms with Crippen LogP contribution >= 0.6 is 0 Å². The van der Waals surface area contributed by atoms with Gasteiger partial charge in [0.05, 0.1) is 6.04 Å². The Kier molecular flexibility index (Phi) is 4.99. The quantitative estimate of drug-likeness (QED) is 0.603. The summed E-state index contributed by atoms with van der Waals surface area (Å²) >= 11 is 0. The zero-order valence-corrected chi connectivity index (χ0v) is 16.4. The van der Waals surface area contributed by atoms with Gasteiger partial charge in [-0.1, -0.05) is 18.2 Å². The van der Waals surface area contributed by atoms with Gasteiger partial charge in [0, 0.05) is 17.5 Å². The molecule has 2 atom stereocenters. The molecule has 1 aliphatic rings. The number of nitrogen functional groups attached to an aromatic ring is 1. The molecule has 2 amide bonds. The van der Waals surface area contributed by atoms with E-state index in [1.807, 2.05) is 6.07 Å². The number of aryl methyl sites for hydroxylation is 1. The Bertz CT molecular complexity index is 1120. The molecule has 2 aromatic heterocycles. The fraction of sp³-hybridized carbons (Fsp3) is 0.227. The molecule has 0 aliphatic heterocycles. The molecule has 4 rings (SSSR count). The third kappa shape index (κ3) is 3.63. The van der Waals surface area contributed by atoms with E-state index in [0.29, 0.717) is 11.4 Å². The van der Waals surface area contributed by atoms with Crippen molar-refractivity contribution < 1.29 is 14.0 Å². The summed E-state index contributed by atoms with van der Waals surface area (Å²) in [6.07, 6.45) is 3.16. The van der Waals surface area contributed by atoms with Crippen LogP contribution in [0.25, 0.3) is 11.1 Å². The number of aromatic nitrogens is 2. The maximum absolute atomic E-state index is 13.2. The molecule has 0 bridgehead atoms. The molecule has 0 saturated heterocycles. The Labute approximate surface area is 172 Å². The number of carbonyl (C=O) groups is 2.